The van der Waals surface area contributed by atoms with Gasteiger partial charge in [-0.05, 0) is 38.1 Å². The van der Waals surface area contributed by atoms with Crippen LogP contribution in [0.4, 0.5) is 0 Å². The summed E-state index contributed by atoms with van der Waals surface area (Å²) in [6.45, 7) is 3.97. The molecule has 0 rings (SSSR count). The second-order valence-electron chi connectivity index (χ2n) is 8.77. The Morgan fingerprint density at radius 1 is 0.865 bits per heavy atom. The summed E-state index contributed by atoms with van der Waals surface area (Å²) in [5, 5.41) is 25.9. The predicted octanol–water partition coefficient (Wildman–Crippen LogP) is -2.44. The third-order valence-electron chi connectivity index (χ3n) is 5.67. The van der Waals surface area contributed by atoms with Gasteiger partial charge in [-0.1, -0.05) is 26.7 Å². The molecule has 0 spiro atoms. The van der Waals surface area contributed by atoms with E-state index in [1.165, 1.54) is 0 Å². The van der Waals surface area contributed by atoms with E-state index in [-0.39, 0.29) is 31.8 Å². The number of nitrogens with zero attached hydrogens (tertiary/aromatic N) is 1. The number of carboxylic acid groups (broad SMARTS) is 2. The number of carboxylic acids is 2. The van der Waals surface area contributed by atoms with E-state index in [1.807, 2.05) is 0 Å². The van der Waals surface area contributed by atoms with Gasteiger partial charge in [-0.15, -0.1) is 0 Å². The molecule has 0 aromatic rings. The molecule has 0 saturated carbocycles. The first-order chi connectivity index (χ1) is 17.3. The molecule has 0 saturated heterocycles. The van der Waals surface area contributed by atoms with E-state index in [4.69, 9.17) is 22.9 Å². The van der Waals surface area contributed by atoms with Crippen molar-refractivity contribution in [3.05, 3.63) is 0 Å². The first kappa shape index (κ1) is 33.5. The van der Waals surface area contributed by atoms with Gasteiger partial charge in [0.25, 0.3) is 0 Å². The average molecular weight is 531 g/mol. The Morgan fingerprint density at radius 3 is 1.97 bits per heavy atom. The number of nitrogens with one attached hydrogen (secondary N) is 3. The van der Waals surface area contributed by atoms with Crippen LogP contribution in [0, 0.1) is 5.92 Å². The third-order valence-corrected chi connectivity index (χ3v) is 5.67. The monoisotopic (exact) mass is 530 g/mol. The maximum absolute atomic E-state index is 13.0. The number of aliphatic carboxylic acids is 2. The Kier molecular flexibility index (Phi) is 16.2. The maximum atomic E-state index is 13.0. The highest BCUT2D eigenvalue weighted by molar-refractivity contribution is 5.95. The van der Waals surface area contributed by atoms with E-state index >= 15 is 0 Å². The van der Waals surface area contributed by atoms with Crippen LogP contribution in [-0.2, 0) is 24.0 Å². The summed E-state index contributed by atoms with van der Waals surface area (Å²) in [4.78, 5) is 65.1. The number of nitrogens with two attached hydrogens (primary N) is 4. The Labute approximate surface area is 216 Å². The molecule has 0 radical (unpaired) electrons. The fourth-order valence-corrected chi connectivity index (χ4v) is 3.28. The number of aliphatic imine (C=N–C) groups is 1. The lowest BCUT2D eigenvalue weighted by molar-refractivity contribution is -0.144. The van der Waals surface area contributed by atoms with Crippen molar-refractivity contribution in [3.8, 4) is 0 Å². The first-order valence-electron chi connectivity index (χ1n) is 12.2. The van der Waals surface area contributed by atoms with Gasteiger partial charge in [-0.3, -0.25) is 24.2 Å². The summed E-state index contributed by atoms with van der Waals surface area (Å²) in [6.07, 6.45) is 1.45. The highest BCUT2D eigenvalue weighted by atomic mass is 16.4. The zero-order chi connectivity index (χ0) is 28.5. The van der Waals surface area contributed by atoms with Crippen LogP contribution in [0.25, 0.3) is 0 Å². The molecule has 0 heterocycles. The summed E-state index contributed by atoms with van der Waals surface area (Å²) in [5.74, 6) is -5.64. The lowest BCUT2D eigenvalue weighted by atomic mass is 9.98. The van der Waals surface area contributed by atoms with E-state index in [2.05, 4.69) is 20.9 Å². The fraction of sp³-hybridized carbons (Fsp3) is 0.727. The molecule has 15 heteroatoms. The number of rotatable bonds is 19. The van der Waals surface area contributed by atoms with Gasteiger partial charge in [0.1, 0.15) is 18.1 Å². The second kappa shape index (κ2) is 17.9. The van der Waals surface area contributed by atoms with Crippen molar-refractivity contribution in [2.24, 2.45) is 33.8 Å². The van der Waals surface area contributed by atoms with Crippen LogP contribution in [0.15, 0.2) is 4.99 Å². The molecule has 0 aromatic heterocycles. The molecule has 5 unspecified atom stereocenters. The Balaban J connectivity index is 5.63. The maximum Gasteiger partial charge on any atom is 0.326 e. The van der Waals surface area contributed by atoms with Crippen LogP contribution >= 0.6 is 0 Å². The SMILES string of the molecule is CCC(C)C(NC(=O)C(CCCN=C(N)N)NC(=O)C(CC(=O)O)NC(=O)C(N)CCCCN)C(=O)O. The smallest absolute Gasteiger partial charge is 0.326 e. The van der Waals surface area contributed by atoms with Gasteiger partial charge in [0.05, 0.1) is 12.5 Å². The molecule has 0 fully saturated rings. The van der Waals surface area contributed by atoms with Crippen LogP contribution in [0.2, 0.25) is 0 Å². The normalized spacial score (nSPS) is 14.8. The number of amides is 3. The van der Waals surface area contributed by atoms with E-state index in [0.29, 0.717) is 25.8 Å². The highest BCUT2D eigenvalue weighted by Crippen LogP contribution is 2.10. The quantitative estimate of drug-likeness (QED) is 0.0480. The molecule has 15 nitrogen and oxygen atoms in total. The van der Waals surface area contributed by atoms with Crippen molar-refractivity contribution in [2.75, 3.05) is 13.1 Å². The number of hydrogen-bond donors (Lipinski definition) is 9. The van der Waals surface area contributed by atoms with Crippen LogP contribution in [0.5, 0.6) is 0 Å². The van der Waals surface area contributed by atoms with Crippen molar-refractivity contribution in [1.29, 1.82) is 0 Å². The molecule has 3 amide bonds. The minimum absolute atomic E-state index is 0.00748. The molecule has 0 aliphatic rings. The summed E-state index contributed by atoms with van der Waals surface area (Å²) in [6, 6.07) is -4.97. The van der Waals surface area contributed by atoms with Gasteiger partial charge < -0.3 is 49.1 Å². The molecule has 0 aliphatic carbocycles. The Morgan fingerprint density at radius 2 is 1.46 bits per heavy atom. The fourth-order valence-electron chi connectivity index (χ4n) is 3.28. The highest BCUT2D eigenvalue weighted by Gasteiger charge is 2.32. The molecule has 0 aromatic carbocycles. The minimum Gasteiger partial charge on any atom is -0.481 e. The van der Waals surface area contributed by atoms with E-state index in [1.54, 1.807) is 13.8 Å². The third kappa shape index (κ3) is 14.0. The molecule has 37 heavy (non-hydrogen) atoms. The van der Waals surface area contributed by atoms with Crippen LogP contribution < -0.4 is 38.9 Å². The van der Waals surface area contributed by atoms with Crippen molar-refractivity contribution >= 4 is 35.6 Å². The van der Waals surface area contributed by atoms with Gasteiger partial charge in [0.15, 0.2) is 5.96 Å². The molecule has 212 valence electrons. The molecular formula is C22H42N8O7. The minimum atomic E-state index is -1.52. The zero-order valence-electron chi connectivity index (χ0n) is 21.4. The summed E-state index contributed by atoms with van der Waals surface area (Å²) in [5.41, 5.74) is 21.8. The standard InChI is InChI=1S/C22H42N8O7/c1-3-12(2)17(21(36)37)30-19(34)14(8-6-10-27-22(25)26)28-20(35)15(11-16(31)32)29-18(33)13(24)7-4-5-9-23/h12-15,17H,3-11,23-24H2,1-2H3,(H,28,35)(H,29,33)(H,30,34)(H,31,32)(H,36,37)(H4,25,26,27). The largest absolute Gasteiger partial charge is 0.481 e. The lowest BCUT2D eigenvalue weighted by Gasteiger charge is -2.26. The van der Waals surface area contributed by atoms with E-state index in [0.717, 1.165) is 0 Å². The van der Waals surface area contributed by atoms with Gasteiger partial charge >= 0.3 is 11.9 Å². The zero-order valence-corrected chi connectivity index (χ0v) is 21.4. The van der Waals surface area contributed by atoms with Gasteiger partial charge in [0.2, 0.25) is 17.7 Å². The summed E-state index contributed by atoms with van der Waals surface area (Å²) >= 11 is 0. The number of unbranched alkanes of at least 4 members (excludes halogenated alkanes) is 1. The average Bonchev–Trinajstić information content (AvgIpc) is 2.82. The molecule has 0 aliphatic heterocycles. The molecular weight excluding hydrogens is 488 g/mol. The topological polar surface area (TPSA) is 278 Å². The van der Waals surface area contributed by atoms with Crippen LogP contribution in [0.3, 0.4) is 0 Å². The van der Waals surface area contributed by atoms with Crippen molar-refractivity contribution < 1.29 is 34.2 Å². The van der Waals surface area contributed by atoms with E-state index in [9.17, 15) is 34.2 Å². The summed E-state index contributed by atoms with van der Waals surface area (Å²) < 4.78 is 0. The molecule has 5 atom stereocenters. The van der Waals surface area contributed by atoms with Gasteiger partial charge in [-0.2, -0.15) is 0 Å². The van der Waals surface area contributed by atoms with Crippen molar-refractivity contribution in [2.45, 2.75) is 83.0 Å². The van der Waals surface area contributed by atoms with Crippen LogP contribution in [-0.4, -0.2) is 83.1 Å². The van der Waals surface area contributed by atoms with Crippen molar-refractivity contribution in [3.63, 3.8) is 0 Å². The second-order valence-corrected chi connectivity index (χ2v) is 8.77. The first-order valence-corrected chi connectivity index (χ1v) is 12.2. The molecule has 0 bridgehead atoms. The summed E-state index contributed by atoms with van der Waals surface area (Å²) in [7, 11) is 0. The number of guanidine groups is 1. The van der Waals surface area contributed by atoms with Gasteiger partial charge in [-0.25, -0.2) is 4.79 Å². The van der Waals surface area contributed by atoms with Crippen LogP contribution in [0.1, 0.15) is 58.8 Å². The number of carbonyl (C=O) groups is 5. The number of carbonyl (C=O) groups excluding carboxylic acids is 3. The Bertz CT molecular complexity index is 804. The van der Waals surface area contributed by atoms with Gasteiger partial charge in [0, 0.05) is 6.54 Å². The Hall–Kier alpha value is -3.46. The lowest BCUT2D eigenvalue weighted by Crippen LogP contribution is -2.58. The number of hydrogen-bond acceptors (Lipinski definition) is 8. The van der Waals surface area contributed by atoms with Crippen molar-refractivity contribution in [1.82, 2.24) is 16.0 Å². The van der Waals surface area contributed by atoms with E-state index < -0.39 is 66.2 Å². The predicted molar refractivity (Wildman–Crippen MR) is 136 cm³/mol. The molecule has 13 N–H and O–H groups in total.